The van der Waals surface area contributed by atoms with Gasteiger partial charge in [-0.25, -0.2) is 9.18 Å². The molecule has 2 aliphatic heterocycles. The molecule has 6 aliphatic rings. The molecule has 15 nitrogen and oxygen atoms in total. The number of carbonyl (C=O) groups is 5. The number of ether oxygens (including phenoxy) is 7. The van der Waals surface area contributed by atoms with Crippen LogP contribution in [0, 0.1) is 34.4 Å². The number of fused-ring (bicyclic) bond motifs is 7. The highest BCUT2D eigenvalue weighted by molar-refractivity contribution is 6.01. The second kappa shape index (κ2) is 16.4. The first-order valence-corrected chi connectivity index (χ1v) is 20.9. The molecule has 0 spiro atoms. The van der Waals surface area contributed by atoms with E-state index in [1.807, 2.05) is 32.1 Å². The SMILES string of the molecule is COC(=O)[C@H]1O[C@@H](OCC(=O)[C@@]23O[C@H](c4ccc(Cc5ccc(N)cc5)cc4F)O[C@@H]2C[C@H]2[C@@H]4CCC5=CC(=O)C=C[C@]5(C)[C@H]4[C@@H](O)C[C@@]23C)[C@H](OC(C)=O)[C@@H](OC(C)=O)[C@@H]1O. The number of hydrogen-bond acceptors (Lipinski definition) is 15. The van der Waals surface area contributed by atoms with Gasteiger partial charge in [-0.1, -0.05) is 49.8 Å². The lowest BCUT2D eigenvalue weighted by Gasteiger charge is -2.59. The highest BCUT2D eigenvalue weighted by atomic mass is 19.1. The van der Waals surface area contributed by atoms with Gasteiger partial charge in [-0.3, -0.25) is 19.2 Å². The molecule has 8 rings (SSSR count). The third kappa shape index (κ3) is 7.27. The number of hydrogen-bond donors (Lipinski definition) is 3. The van der Waals surface area contributed by atoms with Gasteiger partial charge < -0.3 is 49.1 Å². The van der Waals surface area contributed by atoms with Crippen molar-refractivity contribution in [1.82, 2.24) is 0 Å². The summed E-state index contributed by atoms with van der Waals surface area (Å²) >= 11 is 0. The molecule has 62 heavy (non-hydrogen) atoms. The Balaban J connectivity index is 1.14. The van der Waals surface area contributed by atoms with E-state index < -0.39 is 102 Å². The van der Waals surface area contributed by atoms with E-state index in [0.717, 1.165) is 32.1 Å². The van der Waals surface area contributed by atoms with E-state index in [2.05, 4.69) is 0 Å². The van der Waals surface area contributed by atoms with Gasteiger partial charge in [0.2, 0.25) is 0 Å². The molecule has 2 heterocycles. The summed E-state index contributed by atoms with van der Waals surface area (Å²) in [4.78, 5) is 65.0. The Morgan fingerprint density at radius 2 is 1.66 bits per heavy atom. The first kappa shape index (κ1) is 43.8. The zero-order chi connectivity index (χ0) is 44.5. The monoisotopic (exact) mass is 861 g/mol. The Labute approximate surface area is 357 Å². The van der Waals surface area contributed by atoms with Crippen LogP contribution < -0.4 is 5.73 Å². The van der Waals surface area contributed by atoms with Crippen LogP contribution in [0.2, 0.25) is 0 Å². The molecule has 0 unspecified atom stereocenters. The zero-order valence-corrected chi connectivity index (χ0v) is 35.1. The second-order valence-corrected chi connectivity index (χ2v) is 17.9. The molecule has 16 heteroatoms. The Bertz CT molecular complexity index is 2210. The van der Waals surface area contributed by atoms with Gasteiger partial charge in [0.05, 0.1) is 19.3 Å². The van der Waals surface area contributed by atoms with Gasteiger partial charge in [0.15, 0.2) is 48.1 Å². The maximum Gasteiger partial charge on any atom is 0.338 e. The molecule has 2 aromatic rings. The third-order valence-corrected chi connectivity index (χ3v) is 14.3. The van der Waals surface area contributed by atoms with Gasteiger partial charge in [-0.05, 0) is 85.4 Å². The minimum atomic E-state index is -1.86. The largest absolute Gasteiger partial charge is 0.467 e. The third-order valence-electron chi connectivity index (χ3n) is 14.3. The van der Waals surface area contributed by atoms with E-state index in [0.29, 0.717) is 36.9 Å². The molecule has 5 fully saturated rings. The number of methoxy groups -OCH3 is 1. The topological polar surface area (TPSA) is 216 Å². The van der Waals surface area contributed by atoms with Crippen LogP contribution in [0.4, 0.5) is 10.1 Å². The van der Waals surface area contributed by atoms with Crippen LogP contribution in [-0.4, -0.2) is 102 Å². The summed E-state index contributed by atoms with van der Waals surface area (Å²) in [7, 11) is 1.05. The number of anilines is 1. The number of Topliss-reactive ketones (excluding diaryl/α,β-unsaturated/α-hetero) is 1. The number of carbonyl (C=O) groups excluding carboxylic acids is 5. The lowest BCUT2D eigenvalue weighted by atomic mass is 9.46. The fourth-order valence-electron chi connectivity index (χ4n) is 11.6. The number of aliphatic hydroxyl groups is 2. The van der Waals surface area contributed by atoms with E-state index in [1.165, 1.54) is 12.1 Å². The molecule has 14 atom stereocenters. The molecular formula is C46H52FNO14. The Morgan fingerprint density at radius 3 is 2.34 bits per heavy atom. The van der Waals surface area contributed by atoms with Crippen molar-refractivity contribution in [2.45, 2.75) is 115 Å². The lowest BCUT2D eigenvalue weighted by molar-refractivity contribution is -0.299. The molecule has 2 aromatic carbocycles. The maximum absolute atomic E-state index is 16.2. The van der Waals surface area contributed by atoms with Gasteiger partial charge in [-0.15, -0.1) is 0 Å². The first-order valence-electron chi connectivity index (χ1n) is 20.9. The van der Waals surface area contributed by atoms with Crippen LogP contribution >= 0.6 is 0 Å². The normalized spacial score (nSPS) is 38.2. The molecule has 0 amide bonds. The van der Waals surface area contributed by atoms with Crippen molar-refractivity contribution >= 4 is 35.2 Å². The van der Waals surface area contributed by atoms with Gasteiger partial charge >= 0.3 is 17.9 Å². The van der Waals surface area contributed by atoms with Crippen LogP contribution in [0.25, 0.3) is 0 Å². The number of rotatable bonds is 10. The van der Waals surface area contributed by atoms with Crippen molar-refractivity contribution in [1.29, 1.82) is 0 Å². The van der Waals surface area contributed by atoms with Crippen LogP contribution in [0.15, 0.2) is 66.3 Å². The summed E-state index contributed by atoms with van der Waals surface area (Å²) in [5.41, 5.74) is 5.48. The van der Waals surface area contributed by atoms with E-state index in [4.69, 9.17) is 38.9 Å². The maximum atomic E-state index is 16.2. The molecule has 332 valence electrons. The second-order valence-electron chi connectivity index (χ2n) is 17.9. The fourth-order valence-corrected chi connectivity index (χ4v) is 11.6. The molecular weight excluding hydrogens is 809 g/mol. The summed E-state index contributed by atoms with van der Waals surface area (Å²) in [6.07, 6.45) is -4.87. The number of allylic oxidation sites excluding steroid dienone is 4. The number of benzene rings is 2. The van der Waals surface area contributed by atoms with Gasteiger partial charge in [0.1, 0.15) is 18.5 Å². The zero-order valence-electron chi connectivity index (χ0n) is 35.1. The number of nitrogens with two attached hydrogens (primary N) is 1. The van der Waals surface area contributed by atoms with Crippen LogP contribution in [0.3, 0.4) is 0 Å². The number of aliphatic hydroxyl groups excluding tert-OH is 2. The minimum Gasteiger partial charge on any atom is -0.467 e. The summed E-state index contributed by atoms with van der Waals surface area (Å²) in [5, 5.41) is 23.3. The molecule has 4 N–H and O–H groups in total. The molecule has 4 aliphatic carbocycles. The number of halogens is 1. The quantitative estimate of drug-likeness (QED) is 0.176. The number of ketones is 2. The average molecular weight is 862 g/mol. The number of nitrogen functional groups attached to an aromatic ring is 1. The summed E-state index contributed by atoms with van der Waals surface area (Å²) in [5.74, 6) is -4.89. The molecule has 2 saturated heterocycles. The number of esters is 3. The van der Waals surface area contributed by atoms with Gasteiger partial charge in [-0.2, -0.15) is 0 Å². The van der Waals surface area contributed by atoms with E-state index in [9.17, 15) is 29.4 Å². The Hall–Kier alpha value is -4.84. The Kier molecular flexibility index (Phi) is 11.6. The highest BCUT2D eigenvalue weighted by Gasteiger charge is 2.76. The fraction of sp³-hybridized carbons (Fsp3) is 0.543. The van der Waals surface area contributed by atoms with Crippen molar-refractivity contribution in [3.8, 4) is 0 Å². The van der Waals surface area contributed by atoms with E-state index in [-0.39, 0.29) is 35.5 Å². The molecule has 0 aromatic heterocycles. The van der Waals surface area contributed by atoms with Crippen molar-refractivity contribution < 1.29 is 71.7 Å². The van der Waals surface area contributed by atoms with Gasteiger partial charge in [0.25, 0.3) is 0 Å². The predicted molar refractivity (Wildman–Crippen MR) is 214 cm³/mol. The van der Waals surface area contributed by atoms with Crippen LogP contribution in [0.5, 0.6) is 0 Å². The predicted octanol–water partition coefficient (Wildman–Crippen LogP) is 3.75. The van der Waals surface area contributed by atoms with E-state index in [1.54, 1.807) is 30.3 Å². The van der Waals surface area contributed by atoms with Crippen molar-refractivity contribution in [2.24, 2.45) is 28.6 Å². The smallest absolute Gasteiger partial charge is 0.338 e. The molecule has 0 radical (unpaired) electrons. The van der Waals surface area contributed by atoms with Crippen molar-refractivity contribution in [3.63, 3.8) is 0 Å². The highest BCUT2D eigenvalue weighted by Crippen LogP contribution is 2.70. The van der Waals surface area contributed by atoms with Gasteiger partial charge in [0, 0.05) is 41.8 Å². The summed E-state index contributed by atoms with van der Waals surface area (Å²) < 4.78 is 57.0. The van der Waals surface area contributed by atoms with Crippen molar-refractivity contribution in [3.05, 3.63) is 88.8 Å². The van der Waals surface area contributed by atoms with Crippen LogP contribution in [-0.2, 0) is 63.6 Å². The Morgan fingerprint density at radius 1 is 0.968 bits per heavy atom. The van der Waals surface area contributed by atoms with E-state index >= 15 is 9.18 Å². The minimum absolute atomic E-state index is 0.0598. The average Bonchev–Trinajstić information content (AvgIpc) is 3.71. The lowest BCUT2D eigenvalue weighted by Crippen LogP contribution is -2.65. The standard InChI is InChI=1S/C46H52FNO14/c1-22(49)58-38-37(54)39(41(55)56-5)61-43(40(38)59-23(2)50)57-21-34(53)46-35(60-42(62-46)30-12-8-25(17-32(30)47)16-24-6-10-27(48)11-7-24)19-31-29-13-9-26-18-28(51)14-15-44(26,3)36(29)33(52)20-45(31,46)4/h6-8,10-12,14-15,17-18,29,31,33,35-40,42-43,52,54H,9,13,16,19-21,48H2,1-5H3/t29-,31-,33-,35+,36+,37-,38-,39-,40+,42+,43+,44-,45-,46+/m0/s1. The molecule has 3 saturated carbocycles. The summed E-state index contributed by atoms with van der Waals surface area (Å²) in [6, 6.07) is 12.0. The van der Waals surface area contributed by atoms with Crippen LogP contribution in [0.1, 0.15) is 76.4 Å². The van der Waals surface area contributed by atoms with Crippen molar-refractivity contribution in [2.75, 3.05) is 19.5 Å². The molecule has 0 bridgehead atoms. The first-order chi connectivity index (χ1) is 29.4. The summed E-state index contributed by atoms with van der Waals surface area (Å²) in [6.45, 7) is 5.21.